The van der Waals surface area contributed by atoms with Gasteiger partial charge in [-0.15, -0.1) is 0 Å². The topological polar surface area (TPSA) is 43.8 Å². The fourth-order valence-corrected chi connectivity index (χ4v) is 2.15. The average Bonchev–Trinajstić information content (AvgIpc) is 2.71. The number of nitrogen functional groups attached to an aromatic ring is 1. The largest absolute Gasteiger partial charge is 0.383 e. The normalized spacial score (nSPS) is 10.9. The van der Waals surface area contributed by atoms with Gasteiger partial charge in [0.25, 0.3) is 0 Å². The highest BCUT2D eigenvalue weighted by molar-refractivity contribution is 6.32. The third-order valence-corrected chi connectivity index (χ3v) is 3.27. The summed E-state index contributed by atoms with van der Waals surface area (Å²) in [6.07, 6.45) is 1.57. The molecule has 3 rings (SSSR count). The minimum atomic E-state index is 0.496. The smallest absolute Gasteiger partial charge is 0.140 e. The molecule has 18 heavy (non-hydrogen) atoms. The molecule has 4 heteroatoms. The van der Waals surface area contributed by atoms with Gasteiger partial charge in [0, 0.05) is 0 Å². The van der Waals surface area contributed by atoms with Crippen LogP contribution in [0.1, 0.15) is 5.56 Å². The Labute approximate surface area is 110 Å². The minimum absolute atomic E-state index is 0.496. The number of hydrogen-bond donors (Lipinski definition) is 1. The molecule has 2 aromatic carbocycles. The molecule has 1 heterocycles. The van der Waals surface area contributed by atoms with Gasteiger partial charge in [-0.2, -0.15) is 5.10 Å². The summed E-state index contributed by atoms with van der Waals surface area (Å²) in [5.74, 6) is 0.504. The zero-order valence-electron chi connectivity index (χ0n) is 9.68. The Kier molecular flexibility index (Phi) is 2.68. The molecule has 0 amide bonds. The van der Waals surface area contributed by atoms with Gasteiger partial charge in [-0.25, -0.2) is 4.68 Å². The monoisotopic (exact) mass is 257 g/mol. The van der Waals surface area contributed by atoms with Crippen molar-refractivity contribution in [3.05, 3.63) is 59.2 Å². The van der Waals surface area contributed by atoms with Crippen LogP contribution in [-0.2, 0) is 6.54 Å². The van der Waals surface area contributed by atoms with Crippen LogP contribution in [0.3, 0.4) is 0 Å². The maximum Gasteiger partial charge on any atom is 0.140 e. The fraction of sp³-hybridized carbons (Fsp3) is 0.0714. The van der Waals surface area contributed by atoms with Crippen LogP contribution in [-0.4, -0.2) is 9.78 Å². The Hall–Kier alpha value is -2.00. The minimum Gasteiger partial charge on any atom is -0.383 e. The van der Waals surface area contributed by atoms with Crippen molar-refractivity contribution in [2.75, 3.05) is 5.73 Å². The number of aromatic nitrogens is 2. The quantitative estimate of drug-likeness (QED) is 0.765. The predicted octanol–water partition coefficient (Wildman–Crippen LogP) is 3.32. The van der Waals surface area contributed by atoms with Crippen LogP contribution >= 0.6 is 11.6 Å². The van der Waals surface area contributed by atoms with Crippen LogP contribution in [0, 0.1) is 0 Å². The van der Waals surface area contributed by atoms with E-state index in [0.29, 0.717) is 17.4 Å². The van der Waals surface area contributed by atoms with E-state index in [4.69, 9.17) is 17.3 Å². The van der Waals surface area contributed by atoms with Crippen molar-refractivity contribution >= 4 is 28.2 Å². The summed E-state index contributed by atoms with van der Waals surface area (Å²) in [5.41, 5.74) is 6.98. The number of fused-ring (bicyclic) bond motifs is 1. The Balaban J connectivity index is 1.98. The van der Waals surface area contributed by atoms with E-state index in [1.807, 2.05) is 12.1 Å². The zero-order valence-corrected chi connectivity index (χ0v) is 10.4. The zero-order chi connectivity index (χ0) is 12.5. The molecule has 0 aliphatic carbocycles. The number of benzene rings is 2. The summed E-state index contributed by atoms with van der Waals surface area (Å²) < 4.78 is 1.70. The molecule has 0 saturated carbocycles. The molecule has 0 bridgehead atoms. The first-order chi connectivity index (χ1) is 8.74. The highest BCUT2D eigenvalue weighted by Crippen LogP contribution is 2.20. The summed E-state index contributed by atoms with van der Waals surface area (Å²) in [6, 6.07) is 14.6. The summed E-state index contributed by atoms with van der Waals surface area (Å²) in [7, 11) is 0. The Bertz CT molecular complexity index is 703. The Morgan fingerprint density at radius 3 is 2.61 bits per heavy atom. The number of anilines is 1. The summed E-state index contributed by atoms with van der Waals surface area (Å²) in [4.78, 5) is 0. The van der Waals surface area contributed by atoms with Crippen LogP contribution in [0.2, 0.25) is 5.02 Å². The van der Waals surface area contributed by atoms with E-state index in [0.717, 1.165) is 5.56 Å². The summed E-state index contributed by atoms with van der Waals surface area (Å²) in [6.45, 7) is 0.628. The lowest BCUT2D eigenvalue weighted by Crippen LogP contribution is -2.05. The lowest BCUT2D eigenvalue weighted by molar-refractivity contribution is 0.698. The van der Waals surface area contributed by atoms with Gasteiger partial charge in [0.2, 0.25) is 0 Å². The first-order valence-corrected chi connectivity index (χ1v) is 6.06. The van der Waals surface area contributed by atoms with Crippen molar-refractivity contribution < 1.29 is 0 Å². The van der Waals surface area contributed by atoms with Crippen LogP contribution in [0.25, 0.3) is 10.8 Å². The van der Waals surface area contributed by atoms with Gasteiger partial charge in [0.15, 0.2) is 0 Å². The van der Waals surface area contributed by atoms with Gasteiger partial charge in [-0.3, -0.25) is 0 Å². The van der Waals surface area contributed by atoms with Crippen LogP contribution in [0.15, 0.2) is 48.7 Å². The van der Waals surface area contributed by atoms with E-state index in [-0.39, 0.29) is 0 Å². The van der Waals surface area contributed by atoms with Crippen molar-refractivity contribution in [2.45, 2.75) is 6.54 Å². The number of halogens is 1. The van der Waals surface area contributed by atoms with E-state index in [2.05, 4.69) is 35.4 Å². The summed E-state index contributed by atoms with van der Waals surface area (Å²) in [5, 5.41) is 7.09. The predicted molar refractivity (Wildman–Crippen MR) is 74.7 cm³/mol. The third kappa shape index (κ3) is 1.93. The molecule has 0 aliphatic rings. The van der Waals surface area contributed by atoms with Gasteiger partial charge >= 0.3 is 0 Å². The molecule has 0 saturated heterocycles. The van der Waals surface area contributed by atoms with Gasteiger partial charge in [0.1, 0.15) is 10.8 Å². The van der Waals surface area contributed by atoms with Gasteiger partial charge in [-0.1, -0.05) is 48.0 Å². The molecule has 0 unspecified atom stereocenters. The van der Waals surface area contributed by atoms with E-state index >= 15 is 0 Å². The maximum atomic E-state index is 5.88. The second-order valence-corrected chi connectivity index (χ2v) is 4.62. The summed E-state index contributed by atoms with van der Waals surface area (Å²) >= 11 is 5.88. The Morgan fingerprint density at radius 2 is 1.89 bits per heavy atom. The molecule has 0 radical (unpaired) electrons. The third-order valence-electron chi connectivity index (χ3n) is 2.98. The molecule has 1 aromatic heterocycles. The second-order valence-electron chi connectivity index (χ2n) is 4.22. The maximum absolute atomic E-state index is 5.88. The highest BCUT2D eigenvalue weighted by Gasteiger charge is 2.05. The first kappa shape index (κ1) is 11.1. The molecule has 90 valence electrons. The van der Waals surface area contributed by atoms with Crippen LogP contribution in [0.5, 0.6) is 0 Å². The van der Waals surface area contributed by atoms with E-state index in [1.54, 1.807) is 10.9 Å². The van der Waals surface area contributed by atoms with E-state index in [9.17, 15) is 0 Å². The number of nitrogens with two attached hydrogens (primary N) is 1. The van der Waals surface area contributed by atoms with Crippen molar-refractivity contribution in [1.29, 1.82) is 0 Å². The number of nitrogens with zero attached hydrogens (tertiary/aromatic N) is 2. The molecule has 0 atom stereocenters. The highest BCUT2D eigenvalue weighted by atomic mass is 35.5. The van der Waals surface area contributed by atoms with Gasteiger partial charge in [-0.05, 0) is 22.4 Å². The number of rotatable bonds is 2. The van der Waals surface area contributed by atoms with Crippen molar-refractivity contribution in [2.24, 2.45) is 0 Å². The fourth-order valence-electron chi connectivity index (χ4n) is 2.01. The standard InChI is InChI=1S/C14H12ClN3/c15-13-8-17-18(14(13)16)9-10-5-6-11-3-1-2-4-12(11)7-10/h1-8H,9,16H2. The van der Waals surface area contributed by atoms with Crippen molar-refractivity contribution in [3.8, 4) is 0 Å². The lowest BCUT2D eigenvalue weighted by atomic mass is 10.1. The van der Waals surface area contributed by atoms with E-state index in [1.165, 1.54) is 10.8 Å². The molecule has 0 aliphatic heterocycles. The number of hydrogen-bond acceptors (Lipinski definition) is 2. The first-order valence-electron chi connectivity index (χ1n) is 5.68. The second kappa shape index (κ2) is 4.35. The van der Waals surface area contributed by atoms with E-state index < -0.39 is 0 Å². The van der Waals surface area contributed by atoms with Gasteiger partial charge in [0.05, 0.1) is 12.7 Å². The molecule has 0 fully saturated rings. The van der Waals surface area contributed by atoms with Crippen LogP contribution < -0.4 is 5.73 Å². The molecule has 2 N–H and O–H groups in total. The van der Waals surface area contributed by atoms with Crippen molar-refractivity contribution in [3.63, 3.8) is 0 Å². The SMILES string of the molecule is Nc1c(Cl)cnn1Cc1ccc2ccccc2c1. The Morgan fingerprint density at radius 1 is 1.11 bits per heavy atom. The lowest BCUT2D eigenvalue weighted by Gasteiger charge is -2.06. The average molecular weight is 258 g/mol. The van der Waals surface area contributed by atoms with Crippen LogP contribution in [0.4, 0.5) is 5.82 Å². The molecule has 0 spiro atoms. The van der Waals surface area contributed by atoms with Gasteiger partial charge < -0.3 is 5.73 Å². The molecule has 3 aromatic rings. The van der Waals surface area contributed by atoms with Crippen molar-refractivity contribution in [1.82, 2.24) is 9.78 Å². The molecule has 3 nitrogen and oxygen atoms in total. The molecular weight excluding hydrogens is 246 g/mol. The molecular formula is C14H12ClN3.